The fourth-order valence-corrected chi connectivity index (χ4v) is 2.46. The average molecular weight is 366 g/mol. The van der Waals surface area contributed by atoms with Gasteiger partial charge >= 0.3 is 6.61 Å². The highest BCUT2D eigenvalue weighted by Gasteiger charge is 2.20. The van der Waals surface area contributed by atoms with Crippen LogP contribution in [0.1, 0.15) is 32.4 Å². The molecule has 1 aromatic heterocycles. The molecule has 1 atom stereocenters. The van der Waals surface area contributed by atoms with Crippen molar-refractivity contribution >= 4 is 11.7 Å². The number of carbonyl (C=O) groups excluding carboxylic acids is 1. The minimum absolute atomic E-state index is 0.110. The number of rotatable bonds is 8. The van der Waals surface area contributed by atoms with Crippen LogP contribution in [0, 0.1) is 0 Å². The van der Waals surface area contributed by atoms with E-state index in [0.717, 1.165) is 5.56 Å². The van der Waals surface area contributed by atoms with Gasteiger partial charge in [0.15, 0.2) is 0 Å². The summed E-state index contributed by atoms with van der Waals surface area (Å²) in [5, 5.41) is 7.08. The van der Waals surface area contributed by atoms with Crippen molar-refractivity contribution in [2.45, 2.75) is 46.0 Å². The number of amides is 1. The molecule has 1 N–H and O–H groups in total. The highest BCUT2D eigenvalue weighted by atomic mass is 19.3. The number of halogens is 2. The van der Waals surface area contributed by atoms with Crippen LogP contribution >= 0.6 is 0 Å². The lowest BCUT2D eigenvalue weighted by atomic mass is 10.2. The number of nitrogens with zero attached hydrogens (tertiary/aromatic N) is 3. The van der Waals surface area contributed by atoms with Gasteiger partial charge < -0.3 is 10.1 Å². The molecule has 2 aromatic rings. The Bertz CT molecular complexity index is 716. The van der Waals surface area contributed by atoms with E-state index in [-0.39, 0.29) is 23.7 Å². The minimum Gasteiger partial charge on any atom is -0.435 e. The van der Waals surface area contributed by atoms with Crippen LogP contribution in [0.3, 0.4) is 0 Å². The number of aromatic nitrogens is 2. The summed E-state index contributed by atoms with van der Waals surface area (Å²) in [6.45, 7) is 3.43. The number of anilines is 1. The van der Waals surface area contributed by atoms with Crippen molar-refractivity contribution in [1.82, 2.24) is 14.7 Å². The molecule has 0 fully saturated rings. The number of carbonyl (C=O) groups is 1. The molecular formula is C18H24F2N4O2. The van der Waals surface area contributed by atoms with Crippen LogP contribution in [-0.2, 0) is 11.3 Å². The molecule has 0 aliphatic rings. The summed E-state index contributed by atoms with van der Waals surface area (Å²) < 4.78 is 30.4. The van der Waals surface area contributed by atoms with E-state index in [2.05, 4.69) is 15.2 Å². The molecule has 0 bridgehead atoms. The Balaban J connectivity index is 1.94. The zero-order valence-corrected chi connectivity index (χ0v) is 15.3. The Hall–Kier alpha value is -2.48. The van der Waals surface area contributed by atoms with Crippen molar-refractivity contribution < 1.29 is 18.3 Å². The van der Waals surface area contributed by atoms with Crippen molar-refractivity contribution in [3.05, 3.63) is 42.1 Å². The molecule has 1 heterocycles. The molecule has 1 amide bonds. The molecule has 0 radical (unpaired) electrons. The van der Waals surface area contributed by atoms with E-state index in [1.54, 1.807) is 36.0 Å². The van der Waals surface area contributed by atoms with Crippen LogP contribution < -0.4 is 10.1 Å². The second-order valence-electron chi connectivity index (χ2n) is 6.36. The summed E-state index contributed by atoms with van der Waals surface area (Å²) in [7, 11) is 1.83. The molecule has 0 aliphatic heterocycles. The maximum absolute atomic E-state index is 12.5. The normalized spacial score (nSPS) is 12.7. The molecular weight excluding hydrogens is 342 g/mol. The monoisotopic (exact) mass is 366 g/mol. The summed E-state index contributed by atoms with van der Waals surface area (Å²) in [6.07, 6.45) is 1.65. The third-order valence-corrected chi connectivity index (χ3v) is 4.03. The zero-order valence-electron chi connectivity index (χ0n) is 15.3. The van der Waals surface area contributed by atoms with Gasteiger partial charge in [0.05, 0.1) is 12.2 Å². The standard InChI is InChI=1S/C18H24F2N4O2/c1-12(2)24-16(9-10-21-24)22-17(25)13(3)23(4)11-14-5-7-15(8-6-14)26-18(19)20/h5-10,12-13,18H,11H2,1-4H3,(H,22,25). The number of ether oxygens (including phenoxy) is 1. The first-order chi connectivity index (χ1) is 12.3. The van der Waals surface area contributed by atoms with Crippen molar-refractivity contribution in [2.24, 2.45) is 0 Å². The number of likely N-dealkylation sites (N-methyl/N-ethyl adjacent to an activating group) is 1. The second-order valence-corrected chi connectivity index (χ2v) is 6.36. The third kappa shape index (κ3) is 5.26. The molecule has 8 heteroatoms. The summed E-state index contributed by atoms with van der Waals surface area (Å²) >= 11 is 0. The number of nitrogens with one attached hydrogen (secondary N) is 1. The lowest BCUT2D eigenvalue weighted by Crippen LogP contribution is -2.39. The molecule has 0 saturated heterocycles. The van der Waals surface area contributed by atoms with Crippen molar-refractivity contribution in [3.63, 3.8) is 0 Å². The molecule has 2 rings (SSSR count). The predicted molar refractivity (Wildman–Crippen MR) is 95.2 cm³/mol. The van der Waals surface area contributed by atoms with Crippen LogP contribution in [0.4, 0.5) is 14.6 Å². The lowest BCUT2D eigenvalue weighted by Gasteiger charge is -2.24. The van der Waals surface area contributed by atoms with E-state index in [0.29, 0.717) is 12.4 Å². The van der Waals surface area contributed by atoms with Gasteiger partial charge in [-0.2, -0.15) is 13.9 Å². The third-order valence-electron chi connectivity index (χ3n) is 4.03. The quantitative estimate of drug-likeness (QED) is 0.777. The fraction of sp³-hybridized carbons (Fsp3) is 0.444. The van der Waals surface area contributed by atoms with Crippen molar-refractivity contribution in [1.29, 1.82) is 0 Å². The summed E-state index contributed by atoms with van der Waals surface area (Å²) in [5.41, 5.74) is 0.890. The van der Waals surface area contributed by atoms with Gasteiger partial charge in [0.1, 0.15) is 11.6 Å². The zero-order chi connectivity index (χ0) is 19.3. The SMILES string of the molecule is CC(C(=O)Nc1ccnn1C(C)C)N(C)Cc1ccc(OC(F)F)cc1. The van der Waals surface area contributed by atoms with Crippen molar-refractivity contribution in [3.8, 4) is 5.75 Å². The molecule has 0 saturated carbocycles. The first-order valence-electron chi connectivity index (χ1n) is 8.36. The maximum Gasteiger partial charge on any atom is 0.387 e. The van der Waals surface area contributed by atoms with E-state index >= 15 is 0 Å². The number of alkyl halides is 2. The first-order valence-corrected chi connectivity index (χ1v) is 8.36. The molecule has 0 aliphatic carbocycles. The highest BCUT2D eigenvalue weighted by Crippen LogP contribution is 2.17. The van der Waals surface area contributed by atoms with Gasteiger partial charge in [-0.15, -0.1) is 0 Å². The molecule has 1 aromatic carbocycles. The van der Waals surface area contributed by atoms with E-state index in [4.69, 9.17) is 0 Å². The minimum atomic E-state index is -2.84. The average Bonchev–Trinajstić information content (AvgIpc) is 3.03. The molecule has 142 valence electrons. The Labute approximate surface area is 151 Å². The highest BCUT2D eigenvalue weighted by molar-refractivity contribution is 5.93. The van der Waals surface area contributed by atoms with Crippen LogP contribution in [0.25, 0.3) is 0 Å². The Morgan fingerprint density at radius 3 is 2.46 bits per heavy atom. The Morgan fingerprint density at radius 1 is 1.23 bits per heavy atom. The first kappa shape index (κ1) is 19.8. The van der Waals surface area contributed by atoms with Gasteiger partial charge in [0, 0.05) is 18.7 Å². The second kappa shape index (κ2) is 8.75. The van der Waals surface area contributed by atoms with E-state index < -0.39 is 6.61 Å². The molecule has 1 unspecified atom stereocenters. The summed E-state index contributed by atoms with van der Waals surface area (Å²) in [5.74, 6) is 0.616. The van der Waals surface area contributed by atoms with E-state index in [1.807, 2.05) is 25.8 Å². The van der Waals surface area contributed by atoms with Gasteiger partial charge in [-0.1, -0.05) is 12.1 Å². The predicted octanol–water partition coefficient (Wildman–Crippen LogP) is 3.52. The van der Waals surface area contributed by atoms with Crippen LogP contribution in [0.2, 0.25) is 0 Å². The Kier molecular flexibility index (Phi) is 6.68. The van der Waals surface area contributed by atoms with Gasteiger partial charge in [-0.3, -0.25) is 9.69 Å². The topological polar surface area (TPSA) is 59.4 Å². The molecule has 6 nitrogen and oxygen atoms in total. The van der Waals surface area contributed by atoms with Crippen LogP contribution in [-0.4, -0.2) is 40.3 Å². The Morgan fingerprint density at radius 2 is 1.88 bits per heavy atom. The van der Waals surface area contributed by atoms with Gasteiger partial charge in [0.2, 0.25) is 5.91 Å². The van der Waals surface area contributed by atoms with E-state index in [1.165, 1.54) is 12.1 Å². The molecule has 0 spiro atoms. The molecule has 26 heavy (non-hydrogen) atoms. The number of hydrogen-bond acceptors (Lipinski definition) is 4. The smallest absolute Gasteiger partial charge is 0.387 e. The van der Waals surface area contributed by atoms with E-state index in [9.17, 15) is 13.6 Å². The largest absolute Gasteiger partial charge is 0.435 e. The van der Waals surface area contributed by atoms with Gasteiger partial charge in [-0.25, -0.2) is 4.68 Å². The summed E-state index contributed by atoms with van der Waals surface area (Å²) in [4.78, 5) is 14.4. The number of hydrogen-bond donors (Lipinski definition) is 1. The number of benzene rings is 1. The maximum atomic E-state index is 12.5. The van der Waals surface area contributed by atoms with Crippen molar-refractivity contribution in [2.75, 3.05) is 12.4 Å². The van der Waals surface area contributed by atoms with Crippen LogP contribution in [0.15, 0.2) is 36.5 Å². The van der Waals surface area contributed by atoms with Crippen LogP contribution in [0.5, 0.6) is 5.75 Å². The fourth-order valence-electron chi connectivity index (χ4n) is 2.46. The van der Waals surface area contributed by atoms with Gasteiger partial charge in [0.25, 0.3) is 0 Å². The lowest BCUT2D eigenvalue weighted by molar-refractivity contribution is -0.120. The van der Waals surface area contributed by atoms with Gasteiger partial charge in [-0.05, 0) is 45.5 Å². The summed E-state index contributed by atoms with van der Waals surface area (Å²) in [6, 6.07) is 7.89.